The Morgan fingerprint density at radius 2 is 1.65 bits per heavy atom. The molecule has 120 valence electrons. The van der Waals surface area contributed by atoms with Crippen molar-refractivity contribution < 1.29 is 4.74 Å². The van der Waals surface area contributed by atoms with Crippen molar-refractivity contribution in [3.63, 3.8) is 0 Å². The Morgan fingerprint density at radius 3 is 2.35 bits per heavy atom. The molecule has 0 aromatic heterocycles. The Labute approximate surface area is 138 Å². The largest absolute Gasteiger partial charge is 0.496 e. The lowest BCUT2D eigenvalue weighted by atomic mass is 10.2. The van der Waals surface area contributed by atoms with Gasteiger partial charge >= 0.3 is 0 Å². The van der Waals surface area contributed by atoms with E-state index in [1.165, 1.54) is 11.3 Å². The standard InChI is InChI=1S/C19H23N3O/c1-16-7-9-18(10-8-16)21-11-13-22(14-12-21)20-15-17-5-3-4-6-19(17)23-2/h3-10,15H,11-14H2,1-2H3. The lowest BCUT2D eigenvalue weighted by molar-refractivity contribution is 0.272. The molecular weight excluding hydrogens is 286 g/mol. The van der Waals surface area contributed by atoms with Crippen LogP contribution in [0, 0.1) is 6.92 Å². The van der Waals surface area contributed by atoms with E-state index >= 15 is 0 Å². The monoisotopic (exact) mass is 309 g/mol. The first-order valence-corrected chi connectivity index (χ1v) is 8.00. The van der Waals surface area contributed by atoms with Gasteiger partial charge in [-0.05, 0) is 31.2 Å². The molecule has 0 amide bonds. The minimum Gasteiger partial charge on any atom is -0.496 e. The second-order valence-electron chi connectivity index (χ2n) is 5.76. The van der Waals surface area contributed by atoms with E-state index in [1.807, 2.05) is 30.5 Å². The van der Waals surface area contributed by atoms with Crippen LogP contribution >= 0.6 is 0 Å². The fourth-order valence-corrected chi connectivity index (χ4v) is 2.74. The molecule has 2 aromatic carbocycles. The van der Waals surface area contributed by atoms with Crippen LogP contribution in [0.3, 0.4) is 0 Å². The predicted octanol–water partition coefficient (Wildman–Crippen LogP) is 3.16. The quantitative estimate of drug-likeness (QED) is 0.812. The van der Waals surface area contributed by atoms with Gasteiger partial charge in [-0.2, -0.15) is 5.10 Å². The van der Waals surface area contributed by atoms with Gasteiger partial charge in [-0.1, -0.05) is 29.8 Å². The van der Waals surface area contributed by atoms with Crippen LogP contribution in [0.4, 0.5) is 5.69 Å². The highest BCUT2D eigenvalue weighted by Gasteiger charge is 2.15. The summed E-state index contributed by atoms with van der Waals surface area (Å²) in [5, 5.41) is 6.73. The molecular formula is C19H23N3O. The summed E-state index contributed by atoms with van der Waals surface area (Å²) in [5.74, 6) is 0.856. The number of methoxy groups -OCH3 is 1. The molecule has 1 aliphatic heterocycles. The number of aryl methyl sites for hydroxylation is 1. The SMILES string of the molecule is COc1ccccc1C=NN1CCN(c2ccc(C)cc2)CC1. The molecule has 1 aliphatic rings. The third kappa shape index (κ3) is 3.83. The molecule has 1 heterocycles. The number of anilines is 1. The Bertz CT molecular complexity index is 659. The number of ether oxygens (including phenoxy) is 1. The van der Waals surface area contributed by atoms with E-state index in [4.69, 9.17) is 4.74 Å². The van der Waals surface area contributed by atoms with Gasteiger partial charge in [0.05, 0.1) is 26.4 Å². The van der Waals surface area contributed by atoms with Crippen molar-refractivity contribution in [3.05, 3.63) is 59.7 Å². The highest BCUT2D eigenvalue weighted by atomic mass is 16.5. The van der Waals surface area contributed by atoms with Crippen molar-refractivity contribution in [1.29, 1.82) is 0 Å². The first-order chi connectivity index (χ1) is 11.3. The summed E-state index contributed by atoms with van der Waals surface area (Å²) in [5.41, 5.74) is 3.61. The third-order valence-electron chi connectivity index (χ3n) is 4.15. The van der Waals surface area contributed by atoms with Crippen molar-refractivity contribution in [2.24, 2.45) is 5.10 Å². The van der Waals surface area contributed by atoms with Gasteiger partial charge in [0.1, 0.15) is 5.75 Å². The van der Waals surface area contributed by atoms with Gasteiger partial charge in [-0.3, -0.25) is 5.01 Å². The predicted molar refractivity (Wildman–Crippen MR) is 95.6 cm³/mol. The molecule has 23 heavy (non-hydrogen) atoms. The number of rotatable bonds is 4. The number of hydrazone groups is 1. The Kier molecular flexibility index (Phi) is 4.81. The molecule has 0 saturated carbocycles. The van der Waals surface area contributed by atoms with Crippen LogP contribution in [0.5, 0.6) is 5.75 Å². The second-order valence-corrected chi connectivity index (χ2v) is 5.76. The fourth-order valence-electron chi connectivity index (χ4n) is 2.74. The molecule has 1 saturated heterocycles. The second kappa shape index (κ2) is 7.18. The summed E-state index contributed by atoms with van der Waals surface area (Å²) >= 11 is 0. The van der Waals surface area contributed by atoms with Gasteiger partial charge < -0.3 is 9.64 Å². The molecule has 1 fully saturated rings. The normalized spacial score (nSPS) is 15.2. The Morgan fingerprint density at radius 1 is 0.957 bits per heavy atom. The zero-order chi connectivity index (χ0) is 16.1. The molecule has 0 spiro atoms. The van der Waals surface area contributed by atoms with E-state index < -0.39 is 0 Å². The van der Waals surface area contributed by atoms with Crippen molar-refractivity contribution in [1.82, 2.24) is 5.01 Å². The van der Waals surface area contributed by atoms with Crippen LogP contribution < -0.4 is 9.64 Å². The number of benzene rings is 2. The average Bonchev–Trinajstić information content (AvgIpc) is 2.61. The van der Waals surface area contributed by atoms with Gasteiger partial charge in [0.15, 0.2) is 0 Å². The van der Waals surface area contributed by atoms with Crippen LogP contribution in [-0.4, -0.2) is 44.5 Å². The lowest BCUT2D eigenvalue weighted by Gasteiger charge is -2.34. The highest BCUT2D eigenvalue weighted by molar-refractivity contribution is 5.83. The van der Waals surface area contributed by atoms with E-state index in [2.05, 4.69) is 46.2 Å². The topological polar surface area (TPSA) is 28.1 Å². The highest BCUT2D eigenvalue weighted by Crippen LogP contribution is 2.18. The summed E-state index contributed by atoms with van der Waals surface area (Å²) in [6.07, 6.45) is 1.89. The maximum absolute atomic E-state index is 5.35. The molecule has 0 aliphatic carbocycles. The molecule has 3 rings (SSSR count). The van der Waals surface area contributed by atoms with Gasteiger partial charge in [0, 0.05) is 24.3 Å². The molecule has 2 aromatic rings. The minimum absolute atomic E-state index is 0.856. The van der Waals surface area contributed by atoms with E-state index in [9.17, 15) is 0 Å². The lowest BCUT2D eigenvalue weighted by Crippen LogP contribution is -2.44. The first kappa shape index (κ1) is 15.4. The van der Waals surface area contributed by atoms with E-state index in [0.29, 0.717) is 0 Å². The summed E-state index contributed by atoms with van der Waals surface area (Å²) in [6, 6.07) is 16.7. The van der Waals surface area contributed by atoms with Gasteiger partial charge in [-0.25, -0.2) is 0 Å². The van der Waals surface area contributed by atoms with Gasteiger partial charge in [-0.15, -0.1) is 0 Å². The molecule has 0 bridgehead atoms. The molecule has 0 atom stereocenters. The Balaban J connectivity index is 1.58. The zero-order valence-electron chi connectivity index (χ0n) is 13.8. The smallest absolute Gasteiger partial charge is 0.127 e. The maximum Gasteiger partial charge on any atom is 0.127 e. The van der Waals surface area contributed by atoms with Crippen LogP contribution in [0.15, 0.2) is 53.6 Å². The van der Waals surface area contributed by atoms with Gasteiger partial charge in [0.25, 0.3) is 0 Å². The summed E-state index contributed by atoms with van der Waals surface area (Å²) in [4.78, 5) is 2.41. The summed E-state index contributed by atoms with van der Waals surface area (Å²) < 4.78 is 5.35. The van der Waals surface area contributed by atoms with Gasteiger partial charge in [0.2, 0.25) is 0 Å². The number of hydrogen-bond acceptors (Lipinski definition) is 4. The zero-order valence-corrected chi connectivity index (χ0v) is 13.8. The maximum atomic E-state index is 5.35. The van der Waals surface area contributed by atoms with Crippen molar-refractivity contribution in [2.45, 2.75) is 6.92 Å². The van der Waals surface area contributed by atoms with Crippen molar-refractivity contribution in [3.8, 4) is 5.75 Å². The van der Waals surface area contributed by atoms with Crippen LogP contribution in [-0.2, 0) is 0 Å². The third-order valence-corrected chi connectivity index (χ3v) is 4.15. The average molecular weight is 309 g/mol. The minimum atomic E-state index is 0.856. The van der Waals surface area contributed by atoms with Crippen LogP contribution in [0.25, 0.3) is 0 Å². The molecule has 0 unspecified atom stereocenters. The summed E-state index contributed by atoms with van der Waals surface area (Å²) in [7, 11) is 1.69. The summed E-state index contributed by atoms with van der Waals surface area (Å²) in [6.45, 7) is 5.96. The molecule has 0 radical (unpaired) electrons. The van der Waals surface area contributed by atoms with E-state index in [1.54, 1.807) is 7.11 Å². The van der Waals surface area contributed by atoms with E-state index in [-0.39, 0.29) is 0 Å². The molecule has 0 N–H and O–H groups in total. The fraction of sp³-hybridized carbons (Fsp3) is 0.316. The molecule has 4 heteroatoms. The number of piperazine rings is 1. The number of nitrogens with zero attached hydrogens (tertiary/aromatic N) is 3. The Hall–Kier alpha value is -2.49. The number of para-hydroxylation sites is 1. The number of hydrogen-bond donors (Lipinski definition) is 0. The van der Waals surface area contributed by atoms with Crippen LogP contribution in [0.1, 0.15) is 11.1 Å². The molecule has 4 nitrogen and oxygen atoms in total. The van der Waals surface area contributed by atoms with Crippen molar-refractivity contribution in [2.75, 3.05) is 38.2 Å². The van der Waals surface area contributed by atoms with Crippen molar-refractivity contribution >= 4 is 11.9 Å². The van der Waals surface area contributed by atoms with E-state index in [0.717, 1.165) is 37.5 Å². The van der Waals surface area contributed by atoms with Crippen LogP contribution in [0.2, 0.25) is 0 Å². The first-order valence-electron chi connectivity index (χ1n) is 8.00.